The molecule has 0 saturated carbocycles. The van der Waals surface area contributed by atoms with Crippen molar-refractivity contribution in [3.63, 3.8) is 0 Å². The predicted octanol–water partition coefficient (Wildman–Crippen LogP) is 2.62. The molecule has 0 aliphatic carbocycles. The predicted molar refractivity (Wildman–Crippen MR) is 82.5 cm³/mol. The van der Waals surface area contributed by atoms with E-state index in [1.165, 1.54) is 0 Å². The van der Waals surface area contributed by atoms with Crippen molar-refractivity contribution in [2.24, 2.45) is 5.92 Å². The third kappa shape index (κ3) is 2.34. The summed E-state index contributed by atoms with van der Waals surface area (Å²) in [4.78, 5) is 15.1. The van der Waals surface area contributed by atoms with Crippen LogP contribution in [0.5, 0.6) is 0 Å². The third-order valence-corrected chi connectivity index (χ3v) is 4.10. The van der Waals surface area contributed by atoms with Crippen molar-refractivity contribution >= 4 is 28.3 Å². The molecule has 1 saturated heterocycles. The number of anilines is 1. The molecule has 0 bridgehead atoms. The van der Waals surface area contributed by atoms with E-state index in [9.17, 15) is 0 Å². The molecule has 106 valence electrons. The molecule has 0 N–H and O–H groups in total. The summed E-state index contributed by atoms with van der Waals surface area (Å²) in [6.07, 6.45) is 7.30. The lowest BCUT2D eigenvalue weighted by Gasteiger charge is -2.40. The number of aromatic nitrogens is 4. The molecule has 1 aromatic carbocycles. The van der Waals surface area contributed by atoms with E-state index in [-0.39, 0.29) is 0 Å². The molecular formula is C15H14ClN5. The Balaban J connectivity index is 1.54. The Hall–Kier alpha value is -2.14. The second kappa shape index (κ2) is 5.00. The molecule has 6 heteroatoms. The quantitative estimate of drug-likeness (QED) is 0.746. The summed E-state index contributed by atoms with van der Waals surface area (Å²) in [5.41, 5.74) is 0.933. The van der Waals surface area contributed by atoms with Crippen LogP contribution in [0.15, 0.2) is 43.2 Å². The lowest BCUT2D eigenvalue weighted by molar-refractivity contribution is 0.356. The van der Waals surface area contributed by atoms with Crippen molar-refractivity contribution < 1.29 is 0 Å². The van der Waals surface area contributed by atoms with Crippen molar-refractivity contribution in [2.45, 2.75) is 6.54 Å². The molecule has 21 heavy (non-hydrogen) atoms. The Bertz CT molecular complexity index is 765. The summed E-state index contributed by atoms with van der Waals surface area (Å²) in [6.45, 7) is 2.99. The maximum Gasteiger partial charge on any atom is 0.139 e. The van der Waals surface area contributed by atoms with Crippen molar-refractivity contribution in [1.82, 2.24) is 19.5 Å². The van der Waals surface area contributed by atoms with Crippen LogP contribution in [0.4, 0.5) is 5.82 Å². The molecule has 1 fully saturated rings. The van der Waals surface area contributed by atoms with E-state index in [1.807, 2.05) is 36.9 Å². The fourth-order valence-corrected chi connectivity index (χ4v) is 2.99. The van der Waals surface area contributed by atoms with Crippen LogP contribution in [0, 0.1) is 5.92 Å². The number of hydrogen-bond donors (Lipinski definition) is 0. The third-order valence-electron chi connectivity index (χ3n) is 3.86. The highest BCUT2D eigenvalue weighted by molar-refractivity contribution is 6.31. The van der Waals surface area contributed by atoms with Gasteiger partial charge in [0, 0.05) is 48.4 Å². The van der Waals surface area contributed by atoms with Gasteiger partial charge in [-0.15, -0.1) is 0 Å². The molecule has 0 unspecified atom stereocenters. The summed E-state index contributed by atoms with van der Waals surface area (Å²) >= 11 is 6.10. The Labute approximate surface area is 127 Å². The topological polar surface area (TPSA) is 46.8 Å². The number of halogens is 1. The van der Waals surface area contributed by atoms with Crippen LogP contribution >= 0.6 is 11.6 Å². The van der Waals surface area contributed by atoms with E-state index >= 15 is 0 Å². The van der Waals surface area contributed by atoms with Crippen LogP contribution in [0.1, 0.15) is 0 Å². The number of hydrogen-bond acceptors (Lipinski definition) is 4. The summed E-state index contributed by atoms with van der Waals surface area (Å²) in [5, 5.41) is 1.74. The number of fused-ring (bicyclic) bond motifs is 1. The lowest BCUT2D eigenvalue weighted by atomic mass is 9.99. The van der Waals surface area contributed by atoms with Crippen molar-refractivity contribution in [2.75, 3.05) is 18.0 Å². The SMILES string of the molecule is Clc1ccc2ncnc(N3CC(Cn4ccnc4)C3)c2c1. The fourth-order valence-electron chi connectivity index (χ4n) is 2.82. The van der Waals surface area contributed by atoms with E-state index in [4.69, 9.17) is 11.6 Å². The first-order valence-electron chi connectivity index (χ1n) is 6.90. The van der Waals surface area contributed by atoms with Gasteiger partial charge in [0.15, 0.2) is 0 Å². The zero-order valence-corrected chi connectivity index (χ0v) is 12.1. The Morgan fingerprint density at radius 3 is 2.95 bits per heavy atom. The number of imidazole rings is 1. The van der Waals surface area contributed by atoms with Crippen LogP contribution in [0.25, 0.3) is 10.9 Å². The van der Waals surface area contributed by atoms with E-state index in [2.05, 4.69) is 24.4 Å². The second-order valence-corrected chi connectivity index (χ2v) is 5.83. The molecule has 2 aromatic heterocycles. The van der Waals surface area contributed by atoms with Crippen molar-refractivity contribution in [3.8, 4) is 0 Å². The number of nitrogens with zero attached hydrogens (tertiary/aromatic N) is 5. The molecular weight excluding hydrogens is 286 g/mol. The van der Waals surface area contributed by atoms with E-state index in [0.29, 0.717) is 10.9 Å². The van der Waals surface area contributed by atoms with E-state index in [1.54, 1.807) is 6.33 Å². The standard InChI is InChI=1S/C15H14ClN5/c16-12-1-2-14-13(5-12)15(19-9-18-14)21-7-11(8-21)6-20-4-3-17-10-20/h1-5,9-11H,6-8H2. The van der Waals surface area contributed by atoms with Gasteiger partial charge in [0.1, 0.15) is 12.1 Å². The largest absolute Gasteiger partial charge is 0.355 e. The van der Waals surface area contributed by atoms with E-state index < -0.39 is 0 Å². The molecule has 5 nitrogen and oxygen atoms in total. The van der Waals surface area contributed by atoms with Gasteiger partial charge >= 0.3 is 0 Å². The van der Waals surface area contributed by atoms with Gasteiger partial charge in [-0.3, -0.25) is 0 Å². The first-order valence-corrected chi connectivity index (χ1v) is 7.28. The maximum atomic E-state index is 6.10. The van der Waals surface area contributed by atoms with Gasteiger partial charge in [0.25, 0.3) is 0 Å². The van der Waals surface area contributed by atoms with Gasteiger partial charge in [-0.05, 0) is 18.2 Å². The Kier molecular flexibility index (Phi) is 3.00. The highest BCUT2D eigenvalue weighted by Crippen LogP contribution is 2.30. The Morgan fingerprint density at radius 2 is 2.14 bits per heavy atom. The van der Waals surface area contributed by atoms with Crippen LogP contribution < -0.4 is 4.90 Å². The zero-order chi connectivity index (χ0) is 14.2. The van der Waals surface area contributed by atoms with Crippen LogP contribution in [-0.2, 0) is 6.54 Å². The molecule has 1 aliphatic heterocycles. The molecule has 0 radical (unpaired) electrons. The lowest BCUT2D eigenvalue weighted by Crippen LogP contribution is -2.49. The van der Waals surface area contributed by atoms with Crippen molar-refractivity contribution in [3.05, 3.63) is 48.3 Å². The van der Waals surface area contributed by atoms with Crippen LogP contribution in [-0.4, -0.2) is 32.6 Å². The monoisotopic (exact) mass is 299 g/mol. The first-order chi connectivity index (χ1) is 10.3. The fraction of sp³-hybridized carbons (Fsp3) is 0.267. The smallest absolute Gasteiger partial charge is 0.139 e. The normalized spacial score (nSPS) is 15.4. The van der Waals surface area contributed by atoms with Crippen molar-refractivity contribution in [1.29, 1.82) is 0 Å². The van der Waals surface area contributed by atoms with Crippen LogP contribution in [0.3, 0.4) is 0 Å². The van der Waals surface area contributed by atoms with Gasteiger partial charge < -0.3 is 9.47 Å². The highest BCUT2D eigenvalue weighted by atomic mass is 35.5. The summed E-state index contributed by atoms with van der Waals surface area (Å²) < 4.78 is 2.12. The molecule has 3 aromatic rings. The minimum Gasteiger partial charge on any atom is -0.355 e. The number of benzene rings is 1. The Morgan fingerprint density at radius 1 is 1.24 bits per heavy atom. The highest BCUT2D eigenvalue weighted by Gasteiger charge is 2.29. The van der Waals surface area contributed by atoms with Gasteiger partial charge in [-0.1, -0.05) is 11.6 Å². The molecule has 0 spiro atoms. The number of rotatable bonds is 3. The molecule has 3 heterocycles. The molecule has 1 aliphatic rings. The summed E-state index contributed by atoms with van der Waals surface area (Å²) in [5.74, 6) is 1.60. The average molecular weight is 300 g/mol. The maximum absolute atomic E-state index is 6.10. The van der Waals surface area contributed by atoms with Gasteiger partial charge in [0.05, 0.1) is 11.8 Å². The molecule has 4 rings (SSSR count). The summed E-state index contributed by atoms with van der Waals surface area (Å²) in [6, 6.07) is 5.74. The minimum atomic E-state index is 0.628. The summed E-state index contributed by atoms with van der Waals surface area (Å²) in [7, 11) is 0. The van der Waals surface area contributed by atoms with Crippen LogP contribution in [0.2, 0.25) is 5.02 Å². The second-order valence-electron chi connectivity index (χ2n) is 5.39. The first kappa shape index (κ1) is 12.6. The van der Waals surface area contributed by atoms with Gasteiger partial charge in [-0.2, -0.15) is 0 Å². The van der Waals surface area contributed by atoms with Gasteiger partial charge in [-0.25, -0.2) is 15.0 Å². The zero-order valence-electron chi connectivity index (χ0n) is 11.4. The average Bonchev–Trinajstić information content (AvgIpc) is 2.95. The van der Waals surface area contributed by atoms with E-state index in [0.717, 1.165) is 36.4 Å². The van der Waals surface area contributed by atoms with Gasteiger partial charge in [0.2, 0.25) is 0 Å². The molecule has 0 amide bonds. The molecule has 0 atom stereocenters. The minimum absolute atomic E-state index is 0.628.